The minimum Gasteiger partial charge on any atom is -0.478 e. The highest BCUT2D eigenvalue weighted by Crippen LogP contribution is 2.23. The third-order valence-corrected chi connectivity index (χ3v) is 1.73. The third kappa shape index (κ3) is 2.16. The van der Waals surface area contributed by atoms with Crippen LogP contribution in [0.5, 0.6) is 0 Å². The van der Waals surface area contributed by atoms with Gasteiger partial charge in [0.2, 0.25) is 0 Å². The molecule has 2 N–H and O–H groups in total. The minimum absolute atomic E-state index is 0.0938. The molecule has 0 fully saturated rings. The van der Waals surface area contributed by atoms with Crippen molar-refractivity contribution in [1.29, 1.82) is 0 Å². The van der Waals surface area contributed by atoms with Crippen molar-refractivity contribution in [3.63, 3.8) is 0 Å². The normalized spacial score (nSPS) is 28.6. The summed E-state index contributed by atoms with van der Waals surface area (Å²) in [6.45, 7) is 1.62. The molecule has 12 heavy (non-hydrogen) atoms. The second-order valence-corrected chi connectivity index (χ2v) is 3.79. The van der Waals surface area contributed by atoms with Crippen LogP contribution >= 0.6 is 23.2 Å². The van der Waals surface area contributed by atoms with Crippen LogP contribution in [0.15, 0.2) is 22.9 Å². The molecule has 0 saturated carbocycles. The fraction of sp³-hybridized carbons (Fsp3) is 0.286. The predicted octanol–water partition coefficient (Wildman–Crippen LogP) is 1.64. The van der Waals surface area contributed by atoms with Gasteiger partial charge in [0, 0.05) is 0 Å². The maximum absolute atomic E-state index is 10.5. The molecule has 0 aliphatic carbocycles. The number of rotatable bonds is 1. The summed E-state index contributed by atoms with van der Waals surface area (Å²) in [5.41, 5.74) is 0.0938. The molecule has 0 saturated heterocycles. The maximum Gasteiger partial charge on any atom is 0.335 e. The topological polar surface area (TPSA) is 49.3 Å². The molecule has 0 aromatic carbocycles. The number of carboxylic acid groups (broad SMARTS) is 1. The highest BCUT2D eigenvalue weighted by atomic mass is 35.5. The van der Waals surface area contributed by atoms with E-state index < -0.39 is 11.0 Å². The van der Waals surface area contributed by atoms with Crippen molar-refractivity contribution < 1.29 is 9.90 Å². The first-order valence-electron chi connectivity index (χ1n) is 3.21. The van der Waals surface area contributed by atoms with Crippen molar-refractivity contribution in [3.05, 3.63) is 22.9 Å². The van der Waals surface area contributed by atoms with Gasteiger partial charge in [-0.3, -0.25) is 0 Å². The lowest BCUT2D eigenvalue weighted by Gasteiger charge is -2.24. The van der Waals surface area contributed by atoms with Gasteiger partial charge in [0.05, 0.1) is 5.57 Å². The molecule has 0 aromatic rings. The van der Waals surface area contributed by atoms with Gasteiger partial charge in [0.1, 0.15) is 10.2 Å². The van der Waals surface area contributed by atoms with Crippen molar-refractivity contribution in [1.82, 2.24) is 5.32 Å². The van der Waals surface area contributed by atoms with E-state index >= 15 is 0 Å². The van der Waals surface area contributed by atoms with E-state index in [0.717, 1.165) is 0 Å². The van der Waals surface area contributed by atoms with Crippen LogP contribution in [0.3, 0.4) is 0 Å². The molecule has 1 aliphatic rings. The van der Waals surface area contributed by atoms with Gasteiger partial charge in [0.25, 0.3) is 0 Å². The number of nitrogens with one attached hydrogen (secondary N) is 1. The molecule has 66 valence electrons. The van der Waals surface area contributed by atoms with Crippen LogP contribution in [-0.4, -0.2) is 16.1 Å². The number of alkyl halides is 1. The number of carboxylic acids is 1. The number of dihydropyridines is 1. The summed E-state index contributed by atoms with van der Waals surface area (Å²) in [6, 6.07) is 0. The van der Waals surface area contributed by atoms with Crippen LogP contribution in [0.25, 0.3) is 0 Å². The average molecular weight is 208 g/mol. The molecule has 1 aliphatic heterocycles. The van der Waals surface area contributed by atoms with Crippen molar-refractivity contribution in [2.24, 2.45) is 0 Å². The fourth-order valence-electron chi connectivity index (χ4n) is 0.899. The largest absolute Gasteiger partial charge is 0.478 e. The standard InChI is InChI=1S/C7H7Cl2NO2/c1-7(9)3-4(6(11)12)2-5(8)10-7/h2-3,10H,1H3,(H,11,12). The Labute approximate surface area is 79.7 Å². The van der Waals surface area contributed by atoms with E-state index in [-0.39, 0.29) is 10.7 Å². The van der Waals surface area contributed by atoms with E-state index in [2.05, 4.69) is 5.32 Å². The molecular weight excluding hydrogens is 201 g/mol. The van der Waals surface area contributed by atoms with Gasteiger partial charge in [-0.15, -0.1) is 0 Å². The summed E-state index contributed by atoms with van der Waals surface area (Å²) in [4.78, 5) is 9.61. The highest BCUT2D eigenvalue weighted by Gasteiger charge is 2.24. The van der Waals surface area contributed by atoms with Gasteiger partial charge >= 0.3 is 5.97 Å². The third-order valence-electron chi connectivity index (χ3n) is 1.32. The van der Waals surface area contributed by atoms with Crippen molar-refractivity contribution in [3.8, 4) is 0 Å². The summed E-state index contributed by atoms with van der Waals surface area (Å²) >= 11 is 11.4. The van der Waals surface area contributed by atoms with Crippen molar-refractivity contribution >= 4 is 29.2 Å². The van der Waals surface area contributed by atoms with Crippen LogP contribution in [0.2, 0.25) is 0 Å². The molecule has 0 spiro atoms. The molecule has 1 unspecified atom stereocenters. The van der Waals surface area contributed by atoms with E-state index in [4.69, 9.17) is 28.3 Å². The summed E-state index contributed by atoms with van der Waals surface area (Å²) in [5.74, 6) is -1.04. The van der Waals surface area contributed by atoms with E-state index in [1.165, 1.54) is 12.2 Å². The zero-order chi connectivity index (χ0) is 9.35. The number of hydrogen-bond acceptors (Lipinski definition) is 2. The first-order valence-corrected chi connectivity index (χ1v) is 3.97. The van der Waals surface area contributed by atoms with Crippen LogP contribution < -0.4 is 5.32 Å². The van der Waals surface area contributed by atoms with Crippen molar-refractivity contribution in [2.75, 3.05) is 0 Å². The molecule has 0 radical (unpaired) electrons. The zero-order valence-corrected chi connectivity index (χ0v) is 7.78. The van der Waals surface area contributed by atoms with Crippen LogP contribution in [0.1, 0.15) is 6.92 Å². The van der Waals surface area contributed by atoms with Gasteiger partial charge in [-0.25, -0.2) is 4.79 Å². The Kier molecular flexibility index (Phi) is 2.35. The Morgan fingerprint density at radius 3 is 2.75 bits per heavy atom. The highest BCUT2D eigenvalue weighted by molar-refractivity contribution is 6.32. The maximum atomic E-state index is 10.5. The number of hydrogen-bond donors (Lipinski definition) is 2. The Morgan fingerprint density at radius 1 is 1.75 bits per heavy atom. The minimum atomic E-state index is -1.04. The fourth-order valence-corrected chi connectivity index (χ4v) is 1.48. The molecule has 1 rings (SSSR count). The summed E-state index contributed by atoms with van der Waals surface area (Å²) in [5, 5.41) is 11.6. The van der Waals surface area contributed by atoms with Gasteiger partial charge in [-0.1, -0.05) is 23.2 Å². The smallest absolute Gasteiger partial charge is 0.335 e. The van der Waals surface area contributed by atoms with Crippen LogP contribution in [0, 0.1) is 0 Å². The lowest BCUT2D eigenvalue weighted by Crippen LogP contribution is -2.35. The molecule has 3 nitrogen and oxygen atoms in total. The predicted molar refractivity (Wildman–Crippen MR) is 47.0 cm³/mol. The van der Waals surface area contributed by atoms with Crippen LogP contribution in [-0.2, 0) is 4.79 Å². The second-order valence-electron chi connectivity index (χ2n) is 2.60. The molecule has 0 amide bonds. The Morgan fingerprint density at radius 2 is 2.33 bits per heavy atom. The first-order chi connectivity index (χ1) is 5.41. The van der Waals surface area contributed by atoms with Gasteiger partial charge in [-0.05, 0) is 19.1 Å². The van der Waals surface area contributed by atoms with Gasteiger partial charge in [0.15, 0.2) is 0 Å². The molecular formula is C7H7Cl2NO2. The SMILES string of the molecule is CC1(Cl)C=C(C(=O)O)C=C(Cl)N1. The average Bonchev–Trinajstić information content (AvgIpc) is 1.82. The number of carbonyl (C=O) groups is 1. The first kappa shape index (κ1) is 9.42. The van der Waals surface area contributed by atoms with Crippen LogP contribution in [0.4, 0.5) is 0 Å². The number of halogens is 2. The molecule has 0 bridgehead atoms. The molecule has 5 heteroatoms. The van der Waals surface area contributed by atoms with E-state index in [9.17, 15) is 4.79 Å². The Bertz CT molecular complexity index is 281. The van der Waals surface area contributed by atoms with Crippen molar-refractivity contribution in [2.45, 2.75) is 11.9 Å². The molecule has 1 heterocycles. The van der Waals surface area contributed by atoms with Gasteiger partial charge in [-0.2, -0.15) is 0 Å². The van der Waals surface area contributed by atoms with E-state index in [0.29, 0.717) is 0 Å². The lowest BCUT2D eigenvalue weighted by molar-refractivity contribution is -0.132. The molecule has 0 aromatic heterocycles. The Hall–Kier alpha value is -0.670. The quantitative estimate of drug-likeness (QED) is 0.508. The summed E-state index contributed by atoms with van der Waals surface area (Å²) < 4.78 is 0. The summed E-state index contributed by atoms with van der Waals surface area (Å²) in [7, 11) is 0. The zero-order valence-electron chi connectivity index (χ0n) is 6.27. The van der Waals surface area contributed by atoms with E-state index in [1.54, 1.807) is 6.92 Å². The molecule has 1 atom stereocenters. The second kappa shape index (κ2) is 2.99. The Balaban J connectivity index is 3.01. The number of aliphatic carboxylic acids is 1. The van der Waals surface area contributed by atoms with E-state index in [1.807, 2.05) is 0 Å². The lowest BCUT2D eigenvalue weighted by atomic mass is 10.1. The van der Waals surface area contributed by atoms with Gasteiger partial charge < -0.3 is 10.4 Å². The monoisotopic (exact) mass is 207 g/mol. The summed E-state index contributed by atoms with van der Waals surface area (Å²) in [6.07, 6.45) is 2.71.